The average molecular weight is 250 g/mol. The van der Waals surface area contributed by atoms with E-state index in [1.165, 1.54) is 0 Å². The zero-order valence-electron chi connectivity index (χ0n) is 10.3. The van der Waals surface area contributed by atoms with Gasteiger partial charge >= 0.3 is 59.2 Å². The molecule has 2 N–H and O–H groups in total. The van der Waals surface area contributed by atoms with Crippen molar-refractivity contribution in [2.24, 2.45) is 5.92 Å². The summed E-state index contributed by atoms with van der Waals surface area (Å²) in [6.45, 7) is 4.47. The first-order valence-electron chi connectivity index (χ1n) is 4.62. The third kappa shape index (κ3) is 16.2. The van der Waals surface area contributed by atoms with Gasteiger partial charge in [0.05, 0.1) is 6.61 Å². The Labute approximate surface area is 130 Å². The van der Waals surface area contributed by atoms with Crippen LogP contribution in [0.3, 0.4) is 0 Å². The monoisotopic (exact) mass is 250 g/mol. The molecule has 0 fully saturated rings. The van der Waals surface area contributed by atoms with Crippen LogP contribution in [-0.2, 0) is 9.09 Å². The van der Waals surface area contributed by atoms with Crippen molar-refractivity contribution in [3.63, 3.8) is 0 Å². The fourth-order valence-electron chi connectivity index (χ4n) is 1.01. The number of phosphoric ester groups is 1. The number of hydrogen-bond donors (Lipinski definition) is 2. The van der Waals surface area contributed by atoms with Crippen molar-refractivity contribution in [1.82, 2.24) is 0 Å². The molecule has 0 rings (SSSR count). The maximum Gasteiger partial charge on any atom is 1.00 e. The number of rotatable bonds is 7. The summed E-state index contributed by atoms with van der Waals surface area (Å²) in [5.41, 5.74) is 0. The summed E-state index contributed by atoms with van der Waals surface area (Å²) >= 11 is 0. The normalized spacial score (nSPS) is 11.5. The molecule has 0 aliphatic rings. The zero-order chi connectivity index (χ0) is 10.3. The molecule has 0 atom stereocenters. The molecule has 0 bridgehead atoms. The van der Waals surface area contributed by atoms with Gasteiger partial charge in [-0.2, -0.15) is 0 Å². The fraction of sp³-hybridized carbons (Fsp3) is 1.00. The molecule has 0 heterocycles. The first-order valence-corrected chi connectivity index (χ1v) is 6.15. The largest absolute Gasteiger partial charge is 1.00 e. The van der Waals surface area contributed by atoms with Gasteiger partial charge in [0.15, 0.2) is 0 Å². The maximum atomic E-state index is 10.2. The second-order valence-corrected chi connectivity index (χ2v) is 4.81. The van der Waals surface area contributed by atoms with Gasteiger partial charge in [-0.1, -0.05) is 33.1 Å². The summed E-state index contributed by atoms with van der Waals surface area (Å²) < 4.78 is 14.5. The topological polar surface area (TPSA) is 66.8 Å². The second-order valence-electron chi connectivity index (χ2n) is 3.57. The van der Waals surface area contributed by atoms with Gasteiger partial charge in [0.25, 0.3) is 0 Å². The van der Waals surface area contributed by atoms with Crippen LogP contribution >= 0.6 is 7.82 Å². The van der Waals surface area contributed by atoms with Gasteiger partial charge < -0.3 is 11.2 Å². The molecule has 0 aromatic rings. The van der Waals surface area contributed by atoms with Crippen molar-refractivity contribution >= 4 is 7.82 Å². The van der Waals surface area contributed by atoms with Crippen LogP contribution < -0.4 is 51.4 Å². The Morgan fingerprint density at radius 1 is 1.29 bits per heavy atom. The molecule has 0 amide bonds. The van der Waals surface area contributed by atoms with Crippen LogP contribution in [0, 0.1) is 5.92 Å². The summed E-state index contributed by atoms with van der Waals surface area (Å²) in [4.78, 5) is 16.7. The molecule has 0 radical (unpaired) electrons. The van der Waals surface area contributed by atoms with Gasteiger partial charge in [-0.25, -0.2) is 4.57 Å². The summed E-state index contributed by atoms with van der Waals surface area (Å²) in [5.74, 6) is 0.697. The smallest absolute Gasteiger partial charge is 1.00 e. The molecule has 82 valence electrons. The third-order valence-corrected chi connectivity index (χ3v) is 2.20. The summed E-state index contributed by atoms with van der Waals surface area (Å²) in [6.07, 6.45) is 3.95. The molecule has 0 saturated heterocycles. The maximum absolute atomic E-state index is 10.2. The van der Waals surface area contributed by atoms with E-state index in [1.54, 1.807) is 0 Å². The molecule has 0 unspecified atom stereocenters. The molecule has 0 saturated carbocycles. The number of hydrogen-bond acceptors (Lipinski definition) is 2. The predicted molar refractivity (Wildman–Crippen MR) is 52.4 cm³/mol. The minimum atomic E-state index is -4.23. The number of phosphoric acid groups is 1. The molecular formula is C8H20KO4P. The number of unbranched alkanes of at least 4 members (excludes halogenated alkanes) is 2. The first kappa shape index (κ1) is 18.1. The van der Waals surface area contributed by atoms with Crippen LogP contribution in [-0.4, -0.2) is 16.4 Å². The summed E-state index contributed by atoms with van der Waals surface area (Å²) in [5, 5.41) is 0. The molecule has 0 aromatic carbocycles. The predicted octanol–water partition coefficient (Wildman–Crippen LogP) is -0.571. The van der Waals surface area contributed by atoms with Crippen molar-refractivity contribution in [3.8, 4) is 0 Å². The second kappa shape index (κ2) is 9.94. The molecule has 0 aliphatic carbocycles. The third-order valence-electron chi connectivity index (χ3n) is 1.69. The Bertz CT molecular complexity index is 174. The van der Waals surface area contributed by atoms with Crippen LogP contribution in [0.2, 0.25) is 0 Å². The van der Waals surface area contributed by atoms with Crippen molar-refractivity contribution in [2.75, 3.05) is 6.61 Å². The molecule has 6 heteroatoms. The molecule has 0 aliphatic heterocycles. The molecule has 0 aromatic heterocycles. The minimum absolute atomic E-state index is 0. The van der Waals surface area contributed by atoms with E-state index in [0.29, 0.717) is 5.92 Å². The van der Waals surface area contributed by atoms with Crippen molar-refractivity contribution < 1.29 is 71.7 Å². The summed E-state index contributed by atoms with van der Waals surface area (Å²) in [6, 6.07) is 0. The van der Waals surface area contributed by atoms with Gasteiger partial charge in [-0.05, 0) is 12.3 Å². The first-order chi connectivity index (χ1) is 5.92. The standard InChI is InChI=1S/C8H19O4P.K.H/c1-8(2)6-4-3-5-7-12-13(9,10)11;;/h8H,3-7H2,1-2H3,(H2,9,10,11);;/q;+1;-1. The Hall–Kier alpha value is 1.75. The quantitative estimate of drug-likeness (QED) is 0.361. The SMILES string of the molecule is CC(C)CCCCCOP(=O)(O)O.[H-].[K+]. The van der Waals surface area contributed by atoms with E-state index in [0.717, 1.165) is 25.7 Å². The molecular weight excluding hydrogens is 230 g/mol. The Morgan fingerprint density at radius 2 is 1.86 bits per heavy atom. The van der Waals surface area contributed by atoms with Crippen molar-refractivity contribution in [3.05, 3.63) is 0 Å². The van der Waals surface area contributed by atoms with E-state index in [2.05, 4.69) is 18.4 Å². The van der Waals surface area contributed by atoms with Crippen LogP contribution in [0.1, 0.15) is 41.0 Å². The minimum Gasteiger partial charge on any atom is -1.00 e. The van der Waals surface area contributed by atoms with E-state index >= 15 is 0 Å². The van der Waals surface area contributed by atoms with Gasteiger partial charge in [0.2, 0.25) is 0 Å². The van der Waals surface area contributed by atoms with Crippen molar-refractivity contribution in [1.29, 1.82) is 0 Å². The van der Waals surface area contributed by atoms with Crippen LogP contribution in [0.5, 0.6) is 0 Å². The van der Waals surface area contributed by atoms with E-state index in [1.807, 2.05) is 0 Å². The van der Waals surface area contributed by atoms with Crippen LogP contribution in [0.25, 0.3) is 0 Å². The Morgan fingerprint density at radius 3 is 2.29 bits per heavy atom. The average Bonchev–Trinajstić information content (AvgIpc) is 1.93. The molecule has 14 heavy (non-hydrogen) atoms. The Balaban J connectivity index is -0.000000720. The van der Waals surface area contributed by atoms with Gasteiger partial charge in [0, 0.05) is 0 Å². The summed E-state index contributed by atoms with van der Waals surface area (Å²) in [7, 11) is -4.23. The van der Waals surface area contributed by atoms with Crippen LogP contribution in [0.4, 0.5) is 0 Å². The molecule has 0 spiro atoms. The van der Waals surface area contributed by atoms with E-state index in [4.69, 9.17) is 9.79 Å². The van der Waals surface area contributed by atoms with Crippen molar-refractivity contribution in [2.45, 2.75) is 39.5 Å². The Kier molecular flexibility index (Phi) is 12.9. The van der Waals surface area contributed by atoms with E-state index < -0.39 is 7.82 Å². The van der Waals surface area contributed by atoms with E-state index in [-0.39, 0.29) is 59.4 Å². The fourth-order valence-corrected chi connectivity index (χ4v) is 1.38. The van der Waals surface area contributed by atoms with Gasteiger partial charge in [-0.3, -0.25) is 4.52 Å². The van der Waals surface area contributed by atoms with E-state index in [9.17, 15) is 4.57 Å². The van der Waals surface area contributed by atoms with Crippen LogP contribution in [0.15, 0.2) is 0 Å². The van der Waals surface area contributed by atoms with Gasteiger partial charge in [0.1, 0.15) is 0 Å². The molecule has 4 nitrogen and oxygen atoms in total. The zero-order valence-corrected chi connectivity index (χ0v) is 13.3. The van der Waals surface area contributed by atoms with Gasteiger partial charge in [-0.15, -0.1) is 0 Å².